The van der Waals surface area contributed by atoms with Crippen LogP contribution in [0.2, 0.25) is 0 Å². The molecule has 4 atom stereocenters. The molecule has 120 valence electrons. The van der Waals surface area contributed by atoms with E-state index >= 15 is 0 Å². The zero-order valence-electron chi connectivity index (χ0n) is 13.0. The number of nitrogen functional groups attached to an aromatic ring is 1. The Kier molecular flexibility index (Phi) is 3.22. The maximum absolute atomic E-state index is 12.6. The van der Waals surface area contributed by atoms with Gasteiger partial charge in [0.05, 0.1) is 18.2 Å². The first-order chi connectivity index (χ1) is 10.5. The van der Waals surface area contributed by atoms with E-state index in [4.69, 9.17) is 10.5 Å². The molecule has 6 nitrogen and oxygen atoms in total. The van der Waals surface area contributed by atoms with Gasteiger partial charge in [0.25, 0.3) is 5.91 Å². The van der Waals surface area contributed by atoms with Crippen LogP contribution in [0.4, 0.5) is 5.13 Å². The van der Waals surface area contributed by atoms with Gasteiger partial charge in [-0.25, -0.2) is 4.98 Å². The standard InChI is InChI=1S/C15H22N4O2S/c1-18(2)5-9-10-6-19(8-15(10)4-3-12(9)21-15)13(20)11-7-22-14(16)17-11/h7,9-10,12H,3-6,8H2,1-2H3,(H2,16,17)/t9-,10+,12+,15+/m1/s1. The van der Waals surface area contributed by atoms with Crippen LogP contribution >= 0.6 is 11.3 Å². The van der Waals surface area contributed by atoms with Crippen LogP contribution in [-0.4, -0.2) is 66.1 Å². The number of hydrogen-bond donors (Lipinski definition) is 1. The SMILES string of the molecule is CN(C)C[C@H]1[C@@H]2CC[C@@]3(CN(C(=O)c4csc(N)n4)C[C@@H]13)O2. The summed E-state index contributed by atoms with van der Waals surface area (Å²) in [5.41, 5.74) is 6.01. The van der Waals surface area contributed by atoms with E-state index in [1.54, 1.807) is 5.38 Å². The number of anilines is 1. The van der Waals surface area contributed by atoms with E-state index < -0.39 is 0 Å². The van der Waals surface area contributed by atoms with E-state index in [0.717, 1.165) is 25.9 Å². The molecule has 4 heterocycles. The summed E-state index contributed by atoms with van der Waals surface area (Å²) in [6, 6.07) is 0. The molecule has 3 aliphatic heterocycles. The number of rotatable bonds is 3. The van der Waals surface area contributed by atoms with E-state index in [9.17, 15) is 4.79 Å². The minimum absolute atomic E-state index is 0.00706. The van der Waals surface area contributed by atoms with Crippen molar-refractivity contribution < 1.29 is 9.53 Å². The summed E-state index contributed by atoms with van der Waals surface area (Å²) >= 11 is 1.32. The largest absolute Gasteiger partial charge is 0.375 e. The summed E-state index contributed by atoms with van der Waals surface area (Å²) in [6.45, 7) is 2.52. The molecule has 2 N–H and O–H groups in total. The van der Waals surface area contributed by atoms with Gasteiger partial charge < -0.3 is 20.3 Å². The van der Waals surface area contributed by atoms with Crippen molar-refractivity contribution in [3.05, 3.63) is 11.1 Å². The topological polar surface area (TPSA) is 71.7 Å². The average Bonchev–Trinajstić information content (AvgIpc) is 3.18. The number of carbonyl (C=O) groups is 1. The highest BCUT2D eigenvalue weighted by atomic mass is 32.1. The molecule has 1 aromatic rings. The highest BCUT2D eigenvalue weighted by Gasteiger charge is 2.63. The molecule has 0 saturated carbocycles. The number of amides is 1. The van der Waals surface area contributed by atoms with Crippen LogP contribution in [0.3, 0.4) is 0 Å². The van der Waals surface area contributed by atoms with Crippen molar-refractivity contribution in [3.63, 3.8) is 0 Å². The number of likely N-dealkylation sites (tertiary alicyclic amines) is 1. The van der Waals surface area contributed by atoms with Crippen LogP contribution in [0.15, 0.2) is 5.38 Å². The third kappa shape index (κ3) is 2.06. The van der Waals surface area contributed by atoms with Crippen LogP contribution in [0, 0.1) is 11.8 Å². The lowest BCUT2D eigenvalue weighted by molar-refractivity contribution is 0.00251. The van der Waals surface area contributed by atoms with Gasteiger partial charge in [-0.2, -0.15) is 0 Å². The lowest BCUT2D eigenvalue weighted by Crippen LogP contribution is -2.40. The summed E-state index contributed by atoms with van der Waals surface area (Å²) in [5, 5.41) is 2.20. The number of nitrogens with zero attached hydrogens (tertiary/aromatic N) is 3. The van der Waals surface area contributed by atoms with E-state index in [2.05, 4.69) is 24.0 Å². The fourth-order valence-corrected chi connectivity index (χ4v) is 5.10. The minimum atomic E-state index is -0.109. The molecule has 3 aliphatic rings. The van der Waals surface area contributed by atoms with Crippen molar-refractivity contribution in [1.29, 1.82) is 0 Å². The van der Waals surface area contributed by atoms with Crippen LogP contribution in [0.5, 0.6) is 0 Å². The average molecular weight is 322 g/mol. The Morgan fingerprint density at radius 2 is 2.45 bits per heavy atom. The fraction of sp³-hybridized carbons (Fsp3) is 0.733. The Labute approximate surface area is 134 Å². The zero-order chi connectivity index (χ0) is 15.5. The van der Waals surface area contributed by atoms with Crippen LogP contribution in [-0.2, 0) is 4.74 Å². The lowest BCUT2D eigenvalue weighted by Gasteiger charge is -2.30. The van der Waals surface area contributed by atoms with E-state index in [1.165, 1.54) is 11.3 Å². The van der Waals surface area contributed by atoms with Gasteiger partial charge in [-0.1, -0.05) is 0 Å². The maximum atomic E-state index is 12.6. The molecule has 0 radical (unpaired) electrons. The number of nitrogens with two attached hydrogens (primary N) is 1. The van der Waals surface area contributed by atoms with Gasteiger partial charge in [-0.05, 0) is 26.9 Å². The second-order valence-electron chi connectivity index (χ2n) is 7.05. The first-order valence-corrected chi connectivity index (χ1v) is 8.69. The molecule has 4 rings (SSSR count). The molecular weight excluding hydrogens is 300 g/mol. The van der Waals surface area contributed by atoms with E-state index in [1.807, 2.05) is 4.90 Å². The van der Waals surface area contributed by atoms with Gasteiger partial charge in [0.1, 0.15) is 5.69 Å². The number of ether oxygens (including phenoxy) is 1. The van der Waals surface area contributed by atoms with Gasteiger partial charge in [0.15, 0.2) is 5.13 Å². The van der Waals surface area contributed by atoms with Gasteiger partial charge in [-0.3, -0.25) is 4.79 Å². The van der Waals surface area contributed by atoms with Gasteiger partial charge in [-0.15, -0.1) is 11.3 Å². The highest BCUT2D eigenvalue weighted by molar-refractivity contribution is 7.13. The summed E-state index contributed by atoms with van der Waals surface area (Å²) in [7, 11) is 4.21. The monoisotopic (exact) mass is 322 g/mol. The number of carbonyl (C=O) groups excluding carboxylic acids is 1. The molecule has 0 unspecified atom stereocenters. The molecule has 1 amide bonds. The third-order valence-corrected chi connectivity index (χ3v) is 6.06. The summed E-state index contributed by atoms with van der Waals surface area (Å²) in [4.78, 5) is 20.9. The molecule has 0 aromatic carbocycles. The van der Waals surface area contributed by atoms with Crippen molar-refractivity contribution >= 4 is 22.4 Å². The highest BCUT2D eigenvalue weighted by Crippen LogP contribution is 2.55. The Bertz CT molecular complexity index is 604. The van der Waals surface area contributed by atoms with Crippen LogP contribution < -0.4 is 5.73 Å². The third-order valence-electron chi connectivity index (χ3n) is 5.39. The molecule has 2 bridgehead atoms. The van der Waals surface area contributed by atoms with Crippen LogP contribution in [0.25, 0.3) is 0 Å². The molecule has 1 aromatic heterocycles. The minimum Gasteiger partial charge on any atom is -0.375 e. The Morgan fingerprint density at radius 3 is 3.14 bits per heavy atom. The van der Waals surface area contributed by atoms with Crippen molar-refractivity contribution in [2.45, 2.75) is 24.5 Å². The molecular formula is C15H22N4O2S. The molecule has 7 heteroatoms. The van der Waals surface area contributed by atoms with Gasteiger partial charge in [0, 0.05) is 30.3 Å². The smallest absolute Gasteiger partial charge is 0.273 e. The predicted octanol–water partition coefficient (Wildman–Crippen LogP) is 0.906. The lowest BCUT2D eigenvalue weighted by atomic mass is 9.73. The van der Waals surface area contributed by atoms with Crippen molar-refractivity contribution in [3.8, 4) is 0 Å². The number of fused-ring (bicyclic) bond motifs is 1. The van der Waals surface area contributed by atoms with Crippen molar-refractivity contribution in [1.82, 2.24) is 14.8 Å². The number of aromatic nitrogens is 1. The van der Waals surface area contributed by atoms with Gasteiger partial charge in [0.2, 0.25) is 0 Å². The summed E-state index contributed by atoms with van der Waals surface area (Å²) < 4.78 is 6.36. The van der Waals surface area contributed by atoms with Crippen molar-refractivity contribution in [2.24, 2.45) is 11.8 Å². The molecule has 0 aliphatic carbocycles. The second-order valence-corrected chi connectivity index (χ2v) is 7.94. The Balaban J connectivity index is 1.54. The molecule has 1 spiro atoms. The van der Waals surface area contributed by atoms with Crippen molar-refractivity contribution in [2.75, 3.05) is 39.5 Å². The van der Waals surface area contributed by atoms with Crippen LogP contribution in [0.1, 0.15) is 23.3 Å². The van der Waals surface area contributed by atoms with E-state index in [0.29, 0.717) is 35.3 Å². The predicted molar refractivity (Wildman–Crippen MR) is 84.8 cm³/mol. The van der Waals surface area contributed by atoms with Gasteiger partial charge >= 0.3 is 0 Å². The first-order valence-electron chi connectivity index (χ1n) is 7.81. The molecule has 22 heavy (non-hydrogen) atoms. The number of thiazole rings is 1. The maximum Gasteiger partial charge on any atom is 0.273 e. The zero-order valence-corrected chi connectivity index (χ0v) is 13.8. The second kappa shape index (κ2) is 4.91. The normalized spacial score (nSPS) is 36.3. The Hall–Kier alpha value is -1.18. The first kappa shape index (κ1) is 14.4. The summed E-state index contributed by atoms with van der Waals surface area (Å²) in [6.07, 6.45) is 2.58. The molecule has 3 fully saturated rings. The number of hydrogen-bond acceptors (Lipinski definition) is 6. The molecule has 3 saturated heterocycles. The Morgan fingerprint density at radius 1 is 1.64 bits per heavy atom. The fourth-order valence-electron chi connectivity index (χ4n) is 4.56. The van der Waals surface area contributed by atoms with E-state index in [-0.39, 0.29) is 11.5 Å². The summed E-state index contributed by atoms with van der Waals surface area (Å²) in [5.74, 6) is 0.975. The quantitative estimate of drug-likeness (QED) is 0.895.